The van der Waals surface area contributed by atoms with Crippen LogP contribution in [0.4, 0.5) is 11.4 Å². The van der Waals surface area contributed by atoms with E-state index < -0.39 is 0 Å². The van der Waals surface area contributed by atoms with Crippen LogP contribution >= 0.6 is 0 Å². The lowest BCUT2D eigenvalue weighted by atomic mass is 10.0. The summed E-state index contributed by atoms with van der Waals surface area (Å²) in [4.78, 5) is 2.26. The second kappa shape index (κ2) is 6.10. The molecule has 0 saturated heterocycles. The largest absolute Gasteiger partial charge is 0.344 e. The zero-order valence-electron chi connectivity index (χ0n) is 12.9. The number of aryl methyl sites for hydroxylation is 2. The Bertz CT molecular complexity index is 588. The Balaban J connectivity index is 2.40. The van der Waals surface area contributed by atoms with Crippen molar-refractivity contribution in [3.05, 3.63) is 59.2 Å². The van der Waals surface area contributed by atoms with Crippen LogP contribution in [0.2, 0.25) is 0 Å². The molecule has 1 unspecified atom stereocenters. The van der Waals surface area contributed by atoms with Crippen molar-refractivity contribution in [2.24, 2.45) is 5.73 Å². The Morgan fingerprint density at radius 1 is 1.05 bits per heavy atom. The molecule has 0 aliphatic rings. The Kier molecular flexibility index (Phi) is 4.46. The highest BCUT2D eigenvalue weighted by atomic mass is 15.1. The van der Waals surface area contributed by atoms with Crippen LogP contribution in [0, 0.1) is 13.8 Å². The fraction of sp³-hybridized carbons (Fsp3) is 0.333. The van der Waals surface area contributed by atoms with Gasteiger partial charge >= 0.3 is 0 Å². The molecule has 2 aromatic rings. The van der Waals surface area contributed by atoms with Crippen molar-refractivity contribution in [1.82, 2.24) is 0 Å². The third kappa shape index (κ3) is 3.20. The van der Waals surface area contributed by atoms with Gasteiger partial charge in [-0.25, -0.2) is 0 Å². The summed E-state index contributed by atoms with van der Waals surface area (Å²) in [6.45, 7) is 6.34. The number of hydrogen-bond acceptors (Lipinski definition) is 2. The lowest BCUT2D eigenvalue weighted by Gasteiger charge is -2.25. The molecule has 1 atom stereocenters. The third-order valence-corrected chi connectivity index (χ3v) is 3.61. The highest BCUT2D eigenvalue weighted by molar-refractivity contribution is 5.68. The quantitative estimate of drug-likeness (QED) is 0.909. The monoisotopic (exact) mass is 268 g/mol. The summed E-state index contributed by atoms with van der Waals surface area (Å²) < 4.78 is 0. The second-order valence-electron chi connectivity index (χ2n) is 5.66. The Hall–Kier alpha value is -1.80. The summed E-state index contributed by atoms with van der Waals surface area (Å²) in [6.07, 6.45) is 0.894. The van der Waals surface area contributed by atoms with Gasteiger partial charge in [0.15, 0.2) is 0 Å². The van der Waals surface area contributed by atoms with Gasteiger partial charge in [-0.15, -0.1) is 0 Å². The van der Waals surface area contributed by atoms with Gasteiger partial charge < -0.3 is 10.6 Å². The highest BCUT2D eigenvalue weighted by Gasteiger charge is 2.11. The number of nitrogens with two attached hydrogens (primary N) is 1. The maximum absolute atomic E-state index is 5.96. The molecule has 0 spiro atoms. The molecule has 2 heteroatoms. The molecule has 20 heavy (non-hydrogen) atoms. The normalized spacial score (nSPS) is 12.2. The molecule has 2 rings (SSSR count). The first-order valence-corrected chi connectivity index (χ1v) is 7.13. The number of hydrogen-bond donors (Lipinski definition) is 1. The van der Waals surface area contributed by atoms with Gasteiger partial charge in [0, 0.05) is 24.5 Å². The molecule has 2 N–H and O–H groups in total. The van der Waals surface area contributed by atoms with Gasteiger partial charge in [0.25, 0.3) is 0 Å². The lowest BCUT2D eigenvalue weighted by molar-refractivity contribution is 0.737. The second-order valence-corrected chi connectivity index (χ2v) is 5.66. The smallest absolute Gasteiger partial charge is 0.0441 e. The van der Waals surface area contributed by atoms with Crippen molar-refractivity contribution >= 4 is 11.4 Å². The zero-order valence-corrected chi connectivity index (χ0v) is 12.9. The molecule has 2 aromatic carbocycles. The van der Waals surface area contributed by atoms with Crippen LogP contribution in [0.1, 0.15) is 23.6 Å². The summed E-state index contributed by atoms with van der Waals surface area (Å²) in [5, 5.41) is 0. The van der Waals surface area contributed by atoms with E-state index in [4.69, 9.17) is 5.73 Å². The summed E-state index contributed by atoms with van der Waals surface area (Å²) in [7, 11) is 2.12. The molecule has 0 bridgehead atoms. The molecule has 0 aromatic heterocycles. The summed E-state index contributed by atoms with van der Waals surface area (Å²) in [5.41, 5.74) is 12.3. The van der Waals surface area contributed by atoms with E-state index in [1.165, 1.54) is 28.1 Å². The fourth-order valence-corrected chi connectivity index (χ4v) is 2.67. The van der Waals surface area contributed by atoms with E-state index >= 15 is 0 Å². The number of para-hydroxylation sites is 1. The average Bonchev–Trinajstić information content (AvgIpc) is 2.38. The SMILES string of the molecule is Cc1ccc(N(C)c2ccccc2CC(C)N)c(C)c1. The molecule has 0 radical (unpaired) electrons. The molecule has 0 fully saturated rings. The van der Waals surface area contributed by atoms with Crippen LogP contribution in [0.15, 0.2) is 42.5 Å². The van der Waals surface area contributed by atoms with Gasteiger partial charge in [0.1, 0.15) is 0 Å². The van der Waals surface area contributed by atoms with Crippen LogP contribution in [-0.4, -0.2) is 13.1 Å². The van der Waals surface area contributed by atoms with Crippen molar-refractivity contribution in [1.29, 1.82) is 0 Å². The molecule has 0 aliphatic carbocycles. The first-order chi connectivity index (χ1) is 9.49. The first-order valence-electron chi connectivity index (χ1n) is 7.13. The van der Waals surface area contributed by atoms with E-state index in [1.807, 2.05) is 6.92 Å². The summed E-state index contributed by atoms with van der Waals surface area (Å²) >= 11 is 0. The minimum absolute atomic E-state index is 0.170. The molecule has 0 heterocycles. The van der Waals surface area contributed by atoms with Gasteiger partial charge in [-0.2, -0.15) is 0 Å². The maximum atomic E-state index is 5.96. The van der Waals surface area contributed by atoms with Crippen molar-refractivity contribution < 1.29 is 0 Å². The third-order valence-electron chi connectivity index (χ3n) is 3.61. The molecule has 0 saturated carbocycles. The number of benzene rings is 2. The minimum Gasteiger partial charge on any atom is -0.344 e. The van der Waals surface area contributed by atoms with Crippen molar-refractivity contribution in [3.8, 4) is 0 Å². The van der Waals surface area contributed by atoms with Crippen LogP contribution in [0.5, 0.6) is 0 Å². The van der Waals surface area contributed by atoms with E-state index in [0.29, 0.717) is 0 Å². The fourth-order valence-electron chi connectivity index (χ4n) is 2.67. The topological polar surface area (TPSA) is 29.3 Å². The van der Waals surface area contributed by atoms with Crippen molar-refractivity contribution in [2.75, 3.05) is 11.9 Å². The van der Waals surface area contributed by atoms with E-state index in [2.05, 4.69) is 68.3 Å². The van der Waals surface area contributed by atoms with Gasteiger partial charge in [-0.3, -0.25) is 0 Å². The summed E-state index contributed by atoms with van der Waals surface area (Å²) in [6, 6.07) is 15.2. The molecular formula is C18H24N2. The van der Waals surface area contributed by atoms with Crippen molar-refractivity contribution in [3.63, 3.8) is 0 Å². The predicted molar refractivity (Wildman–Crippen MR) is 87.8 cm³/mol. The molecular weight excluding hydrogens is 244 g/mol. The molecule has 0 amide bonds. The van der Waals surface area contributed by atoms with E-state index in [9.17, 15) is 0 Å². The lowest BCUT2D eigenvalue weighted by Crippen LogP contribution is -2.20. The Labute approximate surface area is 122 Å². The first kappa shape index (κ1) is 14.6. The van der Waals surface area contributed by atoms with Crippen LogP contribution < -0.4 is 10.6 Å². The summed E-state index contributed by atoms with van der Waals surface area (Å²) in [5.74, 6) is 0. The van der Waals surface area contributed by atoms with Gasteiger partial charge in [-0.1, -0.05) is 35.9 Å². The Morgan fingerprint density at radius 3 is 2.40 bits per heavy atom. The highest BCUT2D eigenvalue weighted by Crippen LogP contribution is 2.30. The molecule has 2 nitrogen and oxygen atoms in total. The predicted octanol–water partition coefficient (Wildman–Crippen LogP) is 3.96. The van der Waals surface area contributed by atoms with E-state index in [0.717, 1.165) is 6.42 Å². The molecule has 0 aliphatic heterocycles. The van der Waals surface area contributed by atoms with Crippen molar-refractivity contribution in [2.45, 2.75) is 33.2 Å². The number of rotatable bonds is 4. The zero-order chi connectivity index (χ0) is 14.7. The Morgan fingerprint density at radius 2 is 1.75 bits per heavy atom. The van der Waals surface area contributed by atoms with Crippen LogP contribution in [0.3, 0.4) is 0 Å². The number of anilines is 2. The van der Waals surface area contributed by atoms with E-state index in [1.54, 1.807) is 0 Å². The van der Waals surface area contributed by atoms with Gasteiger partial charge in [0.2, 0.25) is 0 Å². The maximum Gasteiger partial charge on any atom is 0.0441 e. The van der Waals surface area contributed by atoms with Crippen LogP contribution in [-0.2, 0) is 6.42 Å². The van der Waals surface area contributed by atoms with Gasteiger partial charge in [-0.05, 0) is 50.5 Å². The minimum atomic E-state index is 0.170. The van der Waals surface area contributed by atoms with Crippen LogP contribution in [0.25, 0.3) is 0 Å². The van der Waals surface area contributed by atoms with E-state index in [-0.39, 0.29) is 6.04 Å². The average molecular weight is 268 g/mol. The molecule has 106 valence electrons. The van der Waals surface area contributed by atoms with Gasteiger partial charge in [0.05, 0.1) is 0 Å². The number of nitrogens with zero attached hydrogens (tertiary/aromatic N) is 1. The standard InChI is InChI=1S/C18H24N2/c1-13-9-10-17(14(2)11-13)20(4)18-8-6-5-7-16(18)12-15(3)19/h5-11,15H,12,19H2,1-4H3.